The summed E-state index contributed by atoms with van der Waals surface area (Å²) in [6.07, 6.45) is 3.00. The van der Waals surface area contributed by atoms with Crippen LogP contribution in [0.1, 0.15) is 20.3 Å². The molecule has 2 aromatic heterocycles. The molecule has 1 fully saturated rings. The van der Waals surface area contributed by atoms with E-state index in [1.807, 2.05) is 0 Å². The van der Waals surface area contributed by atoms with Gasteiger partial charge in [-0.05, 0) is 6.42 Å². The van der Waals surface area contributed by atoms with Crippen molar-refractivity contribution >= 4 is 22.8 Å². The molecular formula is C13H20N6O. The Morgan fingerprint density at radius 1 is 1.40 bits per heavy atom. The largest absolute Gasteiger partial charge is 0.381 e. The molecule has 2 aromatic rings. The molecule has 3 N–H and O–H groups in total. The molecular weight excluding hydrogens is 256 g/mol. The number of anilines is 2. The van der Waals surface area contributed by atoms with Crippen LogP contribution < -0.4 is 10.6 Å². The second-order valence-electron chi connectivity index (χ2n) is 5.76. The first-order chi connectivity index (χ1) is 9.56. The monoisotopic (exact) mass is 276 g/mol. The molecule has 0 aliphatic heterocycles. The van der Waals surface area contributed by atoms with Gasteiger partial charge >= 0.3 is 0 Å². The van der Waals surface area contributed by atoms with Gasteiger partial charge in [-0.25, -0.2) is 0 Å². The third-order valence-corrected chi connectivity index (χ3v) is 4.31. The highest BCUT2D eigenvalue weighted by Gasteiger charge is 2.48. The van der Waals surface area contributed by atoms with Crippen LogP contribution in [0.3, 0.4) is 0 Å². The number of aromatic nitrogens is 4. The number of ether oxygens (including phenoxy) is 1. The van der Waals surface area contributed by atoms with E-state index in [1.54, 1.807) is 20.4 Å². The van der Waals surface area contributed by atoms with Crippen LogP contribution >= 0.6 is 0 Å². The second kappa shape index (κ2) is 4.59. The Balaban J connectivity index is 1.90. The molecule has 2 unspecified atom stereocenters. The van der Waals surface area contributed by atoms with Crippen LogP contribution in [0.2, 0.25) is 0 Å². The Morgan fingerprint density at radius 2 is 2.20 bits per heavy atom. The summed E-state index contributed by atoms with van der Waals surface area (Å²) < 4.78 is 5.48. The normalized spacial score (nSPS) is 24.4. The Hall–Kier alpha value is -1.89. The smallest absolute Gasteiger partial charge is 0.226 e. The highest BCUT2D eigenvalue weighted by atomic mass is 16.5. The van der Waals surface area contributed by atoms with Crippen molar-refractivity contribution in [3.8, 4) is 0 Å². The summed E-state index contributed by atoms with van der Waals surface area (Å²) in [7, 11) is 3.57. The number of fused-ring (bicyclic) bond motifs is 1. The van der Waals surface area contributed by atoms with E-state index in [-0.39, 0.29) is 11.5 Å². The number of nitrogens with one attached hydrogen (secondary N) is 3. The van der Waals surface area contributed by atoms with E-state index in [2.05, 4.69) is 44.6 Å². The fourth-order valence-corrected chi connectivity index (χ4v) is 2.75. The van der Waals surface area contributed by atoms with E-state index in [0.29, 0.717) is 12.0 Å². The maximum Gasteiger partial charge on any atom is 0.226 e. The number of methoxy groups -OCH3 is 1. The molecule has 3 rings (SSSR count). The van der Waals surface area contributed by atoms with Crippen molar-refractivity contribution in [2.75, 3.05) is 24.8 Å². The number of aromatic amines is 1. The molecule has 0 amide bonds. The van der Waals surface area contributed by atoms with Crippen molar-refractivity contribution in [2.45, 2.75) is 32.4 Å². The molecule has 1 saturated carbocycles. The van der Waals surface area contributed by atoms with Crippen LogP contribution in [0, 0.1) is 5.41 Å². The van der Waals surface area contributed by atoms with Gasteiger partial charge in [-0.2, -0.15) is 15.1 Å². The van der Waals surface area contributed by atoms with Gasteiger partial charge in [0.1, 0.15) is 5.82 Å². The summed E-state index contributed by atoms with van der Waals surface area (Å²) in [4.78, 5) is 8.82. The molecule has 7 nitrogen and oxygen atoms in total. The zero-order valence-corrected chi connectivity index (χ0v) is 12.2. The number of hydrogen-bond donors (Lipinski definition) is 3. The number of hydrogen-bond acceptors (Lipinski definition) is 6. The molecule has 1 aliphatic rings. The molecule has 1 aliphatic carbocycles. The lowest BCUT2D eigenvalue weighted by molar-refractivity contribution is -0.0795. The van der Waals surface area contributed by atoms with E-state index in [9.17, 15) is 0 Å². The summed E-state index contributed by atoms with van der Waals surface area (Å²) in [6, 6.07) is 0.324. The van der Waals surface area contributed by atoms with E-state index in [0.717, 1.165) is 23.3 Å². The van der Waals surface area contributed by atoms with Crippen LogP contribution in [0.25, 0.3) is 11.0 Å². The topological polar surface area (TPSA) is 87.8 Å². The van der Waals surface area contributed by atoms with Gasteiger partial charge in [0.05, 0.1) is 17.7 Å². The predicted octanol–water partition coefficient (Wildman–Crippen LogP) is 1.62. The maximum absolute atomic E-state index is 5.48. The molecule has 0 radical (unpaired) electrons. The quantitative estimate of drug-likeness (QED) is 0.786. The molecule has 108 valence electrons. The summed E-state index contributed by atoms with van der Waals surface area (Å²) >= 11 is 0. The number of rotatable bonds is 4. The molecule has 2 heterocycles. The first-order valence-electron chi connectivity index (χ1n) is 6.74. The van der Waals surface area contributed by atoms with Crippen molar-refractivity contribution < 1.29 is 4.74 Å². The van der Waals surface area contributed by atoms with Gasteiger partial charge in [-0.3, -0.25) is 5.10 Å². The van der Waals surface area contributed by atoms with Crippen molar-refractivity contribution in [1.82, 2.24) is 20.2 Å². The lowest BCUT2D eigenvalue weighted by Gasteiger charge is -2.51. The Bertz CT molecular complexity index is 622. The number of H-pyrrole nitrogens is 1. The fraction of sp³-hybridized carbons (Fsp3) is 0.615. The first kappa shape index (κ1) is 13.1. The van der Waals surface area contributed by atoms with Gasteiger partial charge in [0.2, 0.25) is 5.95 Å². The molecule has 0 bridgehead atoms. The second-order valence-corrected chi connectivity index (χ2v) is 5.76. The van der Waals surface area contributed by atoms with Crippen LogP contribution in [-0.2, 0) is 4.74 Å². The van der Waals surface area contributed by atoms with Crippen molar-refractivity contribution in [3.63, 3.8) is 0 Å². The minimum Gasteiger partial charge on any atom is -0.381 e. The van der Waals surface area contributed by atoms with E-state index in [1.165, 1.54) is 0 Å². The van der Waals surface area contributed by atoms with Crippen LogP contribution in [-0.4, -0.2) is 46.5 Å². The summed E-state index contributed by atoms with van der Waals surface area (Å²) in [5.74, 6) is 1.38. The Labute approximate surface area is 117 Å². The summed E-state index contributed by atoms with van der Waals surface area (Å²) in [5.41, 5.74) is 0.808. The standard InChI is InChI=1S/C13H20N6O/c1-13(2)8(5-9(13)20-4)16-10-7-6-15-19-11(7)18-12(14-3)17-10/h6,8-9H,5H2,1-4H3,(H3,14,15,16,17,18,19). The molecule has 0 saturated heterocycles. The van der Waals surface area contributed by atoms with Gasteiger partial charge in [0.15, 0.2) is 5.65 Å². The Morgan fingerprint density at radius 3 is 2.85 bits per heavy atom. The minimum atomic E-state index is 0.0789. The van der Waals surface area contributed by atoms with Gasteiger partial charge < -0.3 is 15.4 Å². The van der Waals surface area contributed by atoms with E-state index < -0.39 is 0 Å². The molecule has 7 heteroatoms. The van der Waals surface area contributed by atoms with Crippen LogP contribution in [0.5, 0.6) is 0 Å². The fourth-order valence-electron chi connectivity index (χ4n) is 2.75. The highest BCUT2D eigenvalue weighted by Crippen LogP contribution is 2.44. The SMILES string of the molecule is CNc1nc(NC2CC(OC)C2(C)C)c2cn[nH]c2n1. The van der Waals surface area contributed by atoms with E-state index >= 15 is 0 Å². The average Bonchev–Trinajstić information content (AvgIpc) is 2.90. The van der Waals surface area contributed by atoms with Gasteiger partial charge in [-0.1, -0.05) is 13.8 Å². The molecule has 0 spiro atoms. The zero-order valence-electron chi connectivity index (χ0n) is 12.2. The van der Waals surface area contributed by atoms with Crippen molar-refractivity contribution in [2.24, 2.45) is 5.41 Å². The van der Waals surface area contributed by atoms with Crippen molar-refractivity contribution in [1.29, 1.82) is 0 Å². The summed E-state index contributed by atoms with van der Waals surface area (Å²) in [6.45, 7) is 4.41. The molecule has 0 aromatic carbocycles. The molecule has 2 atom stereocenters. The van der Waals surface area contributed by atoms with Crippen LogP contribution in [0.15, 0.2) is 6.20 Å². The average molecular weight is 276 g/mol. The van der Waals surface area contributed by atoms with Crippen LogP contribution in [0.4, 0.5) is 11.8 Å². The highest BCUT2D eigenvalue weighted by molar-refractivity contribution is 5.87. The summed E-state index contributed by atoms with van der Waals surface area (Å²) in [5, 5.41) is 14.3. The lowest BCUT2D eigenvalue weighted by Crippen LogP contribution is -2.57. The predicted molar refractivity (Wildman–Crippen MR) is 77.8 cm³/mol. The molecule has 20 heavy (non-hydrogen) atoms. The number of nitrogens with zero attached hydrogens (tertiary/aromatic N) is 3. The lowest BCUT2D eigenvalue weighted by atomic mass is 9.64. The Kier molecular flexibility index (Phi) is 3.01. The third-order valence-electron chi connectivity index (χ3n) is 4.31. The minimum absolute atomic E-state index is 0.0789. The van der Waals surface area contributed by atoms with Crippen molar-refractivity contribution in [3.05, 3.63) is 6.20 Å². The third kappa shape index (κ3) is 1.89. The van der Waals surface area contributed by atoms with Gasteiger partial charge in [0.25, 0.3) is 0 Å². The maximum atomic E-state index is 5.48. The van der Waals surface area contributed by atoms with Gasteiger partial charge in [0, 0.05) is 25.6 Å². The first-order valence-corrected chi connectivity index (χ1v) is 6.74. The zero-order chi connectivity index (χ0) is 14.3. The van der Waals surface area contributed by atoms with Gasteiger partial charge in [-0.15, -0.1) is 0 Å². The van der Waals surface area contributed by atoms with E-state index in [4.69, 9.17) is 4.74 Å².